The van der Waals surface area contributed by atoms with Crippen LogP contribution in [0.25, 0.3) is 0 Å². The zero-order valence-electron chi connectivity index (χ0n) is 18.1. The van der Waals surface area contributed by atoms with Crippen LogP contribution < -0.4 is 20.9 Å². The second-order valence-electron chi connectivity index (χ2n) is 7.27. The van der Waals surface area contributed by atoms with E-state index in [1.165, 1.54) is 0 Å². The Morgan fingerprint density at radius 1 is 0.969 bits per heavy atom. The normalized spacial score (nSPS) is 13.5. The molecule has 32 heavy (non-hydrogen) atoms. The molecule has 0 spiro atoms. The number of amides is 2. The van der Waals surface area contributed by atoms with Gasteiger partial charge < -0.3 is 25.6 Å². The minimum absolute atomic E-state index is 0.287. The van der Waals surface area contributed by atoms with Gasteiger partial charge in [0.2, 0.25) is 0 Å². The molecule has 1 aliphatic heterocycles. The molecule has 0 saturated carbocycles. The summed E-state index contributed by atoms with van der Waals surface area (Å²) in [6.45, 7) is 4.93. The highest BCUT2D eigenvalue weighted by molar-refractivity contribution is 7.98. The van der Waals surface area contributed by atoms with Crippen molar-refractivity contribution in [2.45, 2.75) is 11.8 Å². The number of ether oxygens (including phenoxy) is 1. The Morgan fingerprint density at radius 3 is 2.44 bits per heavy atom. The summed E-state index contributed by atoms with van der Waals surface area (Å²) in [5.41, 5.74) is 2.32. The van der Waals surface area contributed by atoms with Crippen LogP contribution in [0.4, 0.5) is 33.5 Å². The minimum Gasteiger partial charge on any atom is -0.378 e. The van der Waals surface area contributed by atoms with Gasteiger partial charge in [-0.25, -0.2) is 14.8 Å². The molecule has 0 unspecified atom stereocenters. The zero-order valence-corrected chi connectivity index (χ0v) is 18.9. The van der Waals surface area contributed by atoms with E-state index in [9.17, 15) is 4.79 Å². The maximum atomic E-state index is 12.3. The monoisotopic (exact) mass is 450 g/mol. The van der Waals surface area contributed by atoms with Gasteiger partial charge in [0.1, 0.15) is 17.5 Å². The fourth-order valence-electron chi connectivity index (χ4n) is 3.35. The number of nitrogens with one attached hydrogen (secondary N) is 3. The summed E-state index contributed by atoms with van der Waals surface area (Å²) in [5, 5.41) is 9.02. The van der Waals surface area contributed by atoms with Crippen LogP contribution in [0.3, 0.4) is 0 Å². The Labute approximate surface area is 191 Å². The van der Waals surface area contributed by atoms with E-state index in [4.69, 9.17) is 4.74 Å². The topological polar surface area (TPSA) is 91.4 Å². The van der Waals surface area contributed by atoms with Crippen molar-refractivity contribution in [3.8, 4) is 0 Å². The molecule has 8 nitrogen and oxygen atoms in total. The Morgan fingerprint density at radius 2 is 1.69 bits per heavy atom. The van der Waals surface area contributed by atoms with Crippen molar-refractivity contribution in [3.63, 3.8) is 0 Å². The third kappa shape index (κ3) is 5.89. The number of urea groups is 1. The molecular formula is C23H26N6O2S. The second-order valence-corrected chi connectivity index (χ2v) is 8.15. The number of carbonyl (C=O) groups excluding carboxylic acids is 1. The largest absolute Gasteiger partial charge is 0.378 e. The zero-order chi connectivity index (χ0) is 22.3. The van der Waals surface area contributed by atoms with Gasteiger partial charge >= 0.3 is 6.03 Å². The van der Waals surface area contributed by atoms with E-state index in [0.29, 0.717) is 24.7 Å². The number of hydrogen-bond acceptors (Lipinski definition) is 7. The Balaban J connectivity index is 1.37. The van der Waals surface area contributed by atoms with Crippen LogP contribution in [-0.4, -0.2) is 48.6 Å². The van der Waals surface area contributed by atoms with Crippen molar-refractivity contribution in [2.75, 3.05) is 53.4 Å². The molecule has 2 amide bonds. The van der Waals surface area contributed by atoms with Gasteiger partial charge in [0.15, 0.2) is 0 Å². The number of anilines is 5. The molecule has 166 valence electrons. The number of hydrogen-bond donors (Lipinski definition) is 3. The van der Waals surface area contributed by atoms with Gasteiger partial charge in [-0.3, -0.25) is 0 Å². The highest BCUT2D eigenvalue weighted by atomic mass is 32.2. The van der Waals surface area contributed by atoms with Gasteiger partial charge in [0.25, 0.3) is 0 Å². The van der Waals surface area contributed by atoms with Gasteiger partial charge in [0, 0.05) is 41.1 Å². The summed E-state index contributed by atoms with van der Waals surface area (Å²) in [5.74, 6) is 2.33. The van der Waals surface area contributed by atoms with Crippen molar-refractivity contribution in [3.05, 3.63) is 60.4 Å². The predicted molar refractivity (Wildman–Crippen MR) is 130 cm³/mol. The van der Waals surface area contributed by atoms with E-state index < -0.39 is 0 Å². The summed E-state index contributed by atoms with van der Waals surface area (Å²) >= 11 is 1.63. The van der Waals surface area contributed by atoms with Gasteiger partial charge in [-0.15, -0.1) is 11.8 Å². The van der Waals surface area contributed by atoms with E-state index in [0.717, 1.165) is 41.0 Å². The number of thioether (sulfide) groups is 1. The predicted octanol–water partition coefficient (Wildman–Crippen LogP) is 4.73. The number of morpholine rings is 1. The third-order valence-corrected chi connectivity index (χ3v) is 5.63. The lowest BCUT2D eigenvalue weighted by Crippen LogP contribution is -2.36. The molecule has 0 atom stereocenters. The number of rotatable bonds is 6. The van der Waals surface area contributed by atoms with Crippen LogP contribution in [0, 0.1) is 6.92 Å². The lowest BCUT2D eigenvalue weighted by atomic mass is 10.2. The SMILES string of the molecule is CSc1cccc(NC(=O)Nc2ccc(Nc3cc(N4CCOCC4)nc(C)n3)cc2)c1. The molecule has 4 rings (SSSR count). The van der Waals surface area contributed by atoms with Crippen molar-refractivity contribution in [1.82, 2.24) is 9.97 Å². The molecule has 9 heteroatoms. The minimum atomic E-state index is -0.287. The molecule has 0 bridgehead atoms. The highest BCUT2D eigenvalue weighted by Crippen LogP contribution is 2.23. The Hall–Kier alpha value is -3.30. The summed E-state index contributed by atoms with van der Waals surface area (Å²) in [7, 11) is 0. The molecule has 1 aromatic heterocycles. The number of aromatic nitrogens is 2. The quantitative estimate of drug-likeness (QED) is 0.468. The fraction of sp³-hybridized carbons (Fsp3) is 0.261. The number of benzene rings is 2. The molecular weight excluding hydrogens is 424 g/mol. The third-order valence-electron chi connectivity index (χ3n) is 4.90. The molecule has 0 aliphatic carbocycles. The molecule has 1 fully saturated rings. The van der Waals surface area contributed by atoms with Crippen LogP contribution >= 0.6 is 11.8 Å². The van der Waals surface area contributed by atoms with Crippen molar-refractivity contribution >= 4 is 46.5 Å². The molecule has 2 heterocycles. The summed E-state index contributed by atoms with van der Waals surface area (Å²) in [6, 6.07) is 16.9. The molecule has 3 aromatic rings. The van der Waals surface area contributed by atoms with Gasteiger partial charge in [-0.1, -0.05) is 6.07 Å². The fourth-order valence-corrected chi connectivity index (χ4v) is 3.81. The van der Waals surface area contributed by atoms with E-state index >= 15 is 0 Å². The maximum absolute atomic E-state index is 12.3. The second kappa shape index (κ2) is 10.3. The van der Waals surface area contributed by atoms with Crippen LogP contribution in [0.15, 0.2) is 59.5 Å². The number of carbonyl (C=O) groups is 1. The van der Waals surface area contributed by atoms with Gasteiger partial charge in [-0.2, -0.15) is 0 Å². The standard InChI is InChI=1S/C23H26N6O2S/c1-16-24-21(15-22(25-16)29-10-12-31-13-11-29)26-17-6-8-18(9-7-17)27-23(30)28-19-4-3-5-20(14-19)32-2/h3-9,14-15H,10-13H2,1-2H3,(H,24,25,26)(H2,27,28,30). The summed E-state index contributed by atoms with van der Waals surface area (Å²) in [4.78, 5) is 24.6. The first kappa shape index (κ1) is 21.9. The average Bonchev–Trinajstić information content (AvgIpc) is 2.80. The van der Waals surface area contributed by atoms with Gasteiger partial charge in [-0.05, 0) is 55.6 Å². The lowest BCUT2D eigenvalue weighted by molar-refractivity contribution is 0.122. The first-order chi connectivity index (χ1) is 15.6. The first-order valence-electron chi connectivity index (χ1n) is 10.4. The summed E-state index contributed by atoms with van der Waals surface area (Å²) in [6.07, 6.45) is 2.00. The van der Waals surface area contributed by atoms with E-state index in [1.54, 1.807) is 11.8 Å². The van der Waals surface area contributed by atoms with Gasteiger partial charge in [0.05, 0.1) is 13.2 Å². The first-order valence-corrected chi connectivity index (χ1v) is 11.6. The Bertz CT molecular complexity index is 1070. The van der Waals surface area contributed by atoms with Crippen LogP contribution in [-0.2, 0) is 4.74 Å². The van der Waals surface area contributed by atoms with Crippen molar-refractivity contribution in [2.24, 2.45) is 0 Å². The molecule has 0 radical (unpaired) electrons. The Kier molecular flexibility index (Phi) is 7.08. The molecule has 1 aliphatic rings. The molecule has 2 aromatic carbocycles. The maximum Gasteiger partial charge on any atom is 0.323 e. The van der Waals surface area contributed by atoms with Crippen LogP contribution in [0.5, 0.6) is 0 Å². The molecule has 1 saturated heterocycles. The van der Waals surface area contributed by atoms with E-state index in [-0.39, 0.29) is 6.03 Å². The molecule has 3 N–H and O–H groups in total. The number of nitrogens with zero attached hydrogens (tertiary/aromatic N) is 3. The lowest BCUT2D eigenvalue weighted by Gasteiger charge is -2.28. The van der Waals surface area contributed by atoms with E-state index in [1.807, 2.05) is 67.8 Å². The smallest absolute Gasteiger partial charge is 0.323 e. The average molecular weight is 451 g/mol. The van der Waals surface area contributed by atoms with Crippen molar-refractivity contribution < 1.29 is 9.53 Å². The highest BCUT2D eigenvalue weighted by Gasteiger charge is 2.14. The summed E-state index contributed by atoms with van der Waals surface area (Å²) < 4.78 is 5.42. The number of aryl methyl sites for hydroxylation is 1. The van der Waals surface area contributed by atoms with Crippen LogP contribution in [0.1, 0.15) is 5.82 Å². The van der Waals surface area contributed by atoms with Crippen LogP contribution in [0.2, 0.25) is 0 Å². The van der Waals surface area contributed by atoms with E-state index in [2.05, 4.69) is 30.8 Å². The van der Waals surface area contributed by atoms with Crippen molar-refractivity contribution in [1.29, 1.82) is 0 Å².